The van der Waals surface area contributed by atoms with Crippen LogP contribution in [0.3, 0.4) is 0 Å². The molecule has 0 unspecified atom stereocenters. The molecule has 4 rings (SSSR count). The van der Waals surface area contributed by atoms with Gasteiger partial charge in [-0.1, -0.05) is 91.0 Å². The summed E-state index contributed by atoms with van der Waals surface area (Å²) in [4.78, 5) is 17.5. The molecule has 1 aliphatic heterocycles. The Morgan fingerprint density at radius 3 is 2.12 bits per heavy atom. The fourth-order valence-corrected chi connectivity index (χ4v) is 3.47. The van der Waals surface area contributed by atoms with Crippen LogP contribution in [0, 0.1) is 0 Å². The molecule has 32 heavy (non-hydrogen) atoms. The van der Waals surface area contributed by atoms with Gasteiger partial charge < -0.3 is 15.4 Å². The highest BCUT2D eigenvalue weighted by molar-refractivity contribution is 6.23. The van der Waals surface area contributed by atoms with E-state index in [2.05, 4.69) is 10.6 Å². The molecule has 0 amide bonds. The number of carbonyl (C=O) groups excluding carboxylic acids is 1. The summed E-state index contributed by atoms with van der Waals surface area (Å²) in [5.74, 6) is 0.0646. The lowest BCUT2D eigenvalue weighted by atomic mass is 10.1. The minimum atomic E-state index is -0.434. The van der Waals surface area contributed by atoms with E-state index in [1.54, 1.807) is 0 Å². The van der Waals surface area contributed by atoms with Gasteiger partial charge in [-0.3, -0.25) is 4.99 Å². The fourth-order valence-electron chi connectivity index (χ4n) is 3.47. The van der Waals surface area contributed by atoms with Crippen LogP contribution in [-0.4, -0.2) is 18.9 Å². The van der Waals surface area contributed by atoms with Gasteiger partial charge in [0.15, 0.2) is 0 Å². The minimum absolute atomic E-state index is 0.404. The van der Waals surface area contributed by atoms with E-state index in [9.17, 15) is 4.79 Å². The molecule has 3 aromatic carbocycles. The third kappa shape index (κ3) is 5.13. The topological polar surface area (TPSA) is 62.7 Å². The highest BCUT2D eigenvalue weighted by atomic mass is 16.5. The predicted molar refractivity (Wildman–Crippen MR) is 127 cm³/mol. The van der Waals surface area contributed by atoms with E-state index in [4.69, 9.17) is 9.73 Å². The van der Waals surface area contributed by atoms with Crippen molar-refractivity contribution in [3.05, 3.63) is 125 Å². The molecular formula is C27H25N3O2. The van der Waals surface area contributed by atoms with Crippen molar-refractivity contribution in [1.29, 1.82) is 0 Å². The van der Waals surface area contributed by atoms with Gasteiger partial charge in [0.2, 0.25) is 0 Å². The van der Waals surface area contributed by atoms with Gasteiger partial charge in [-0.25, -0.2) is 4.79 Å². The molecule has 0 saturated carbocycles. The number of carbonyl (C=O) groups is 1. The van der Waals surface area contributed by atoms with E-state index in [1.807, 2.05) is 97.1 Å². The molecule has 160 valence electrons. The van der Waals surface area contributed by atoms with Crippen molar-refractivity contribution in [3.63, 3.8) is 0 Å². The Morgan fingerprint density at radius 1 is 0.906 bits per heavy atom. The zero-order chi connectivity index (χ0) is 22.2. The Morgan fingerprint density at radius 2 is 1.50 bits per heavy atom. The molecular weight excluding hydrogens is 398 g/mol. The number of nitrogens with zero attached hydrogens (tertiary/aromatic N) is 1. The zero-order valence-electron chi connectivity index (χ0n) is 17.9. The van der Waals surface area contributed by atoms with Gasteiger partial charge in [0.25, 0.3) is 0 Å². The number of aliphatic imine (C=N–C) groups is 1. The second-order valence-electron chi connectivity index (χ2n) is 7.32. The van der Waals surface area contributed by atoms with Crippen LogP contribution in [-0.2, 0) is 22.6 Å². The third-order valence-electron chi connectivity index (χ3n) is 5.08. The smallest absolute Gasteiger partial charge is 0.343 e. The van der Waals surface area contributed by atoms with Gasteiger partial charge in [0.05, 0.1) is 25.0 Å². The number of amidine groups is 1. The van der Waals surface area contributed by atoms with Crippen LogP contribution in [0.15, 0.2) is 113 Å². The van der Waals surface area contributed by atoms with Crippen LogP contribution < -0.4 is 10.6 Å². The predicted octanol–water partition coefficient (Wildman–Crippen LogP) is 4.45. The summed E-state index contributed by atoms with van der Waals surface area (Å²) in [7, 11) is 1.39. The van der Waals surface area contributed by atoms with Crippen LogP contribution in [0.1, 0.15) is 16.7 Å². The number of hydrogen-bond acceptors (Lipinski definition) is 4. The first-order chi connectivity index (χ1) is 15.7. The summed E-state index contributed by atoms with van der Waals surface area (Å²) in [6.07, 6.45) is 2.00. The summed E-state index contributed by atoms with van der Waals surface area (Å²) in [5.41, 5.74) is 5.04. The molecule has 3 aromatic rings. The molecule has 2 N–H and O–H groups in total. The average molecular weight is 424 g/mol. The molecule has 0 atom stereocenters. The maximum Gasteiger partial charge on any atom is 0.343 e. The Balaban J connectivity index is 1.72. The SMILES string of the molecule is COC(=O)C1=C(NCc2ccccc2)/C(=C/c2ccccc2)NC1=NCc1ccccc1. The van der Waals surface area contributed by atoms with Gasteiger partial charge in [0.1, 0.15) is 11.4 Å². The van der Waals surface area contributed by atoms with Crippen molar-refractivity contribution in [2.24, 2.45) is 4.99 Å². The van der Waals surface area contributed by atoms with Gasteiger partial charge in [-0.2, -0.15) is 0 Å². The molecule has 0 radical (unpaired) electrons. The molecule has 1 heterocycles. The molecule has 0 fully saturated rings. The summed E-state index contributed by atoms with van der Waals surface area (Å²) >= 11 is 0. The van der Waals surface area contributed by atoms with Gasteiger partial charge >= 0.3 is 5.97 Å². The second kappa shape index (κ2) is 10.3. The lowest BCUT2D eigenvalue weighted by molar-refractivity contribution is -0.135. The molecule has 0 saturated heterocycles. The largest absolute Gasteiger partial charge is 0.465 e. The molecule has 5 nitrogen and oxygen atoms in total. The highest BCUT2D eigenvalue weighted by Gasteiger charge is 2.31. The lowest BCUT2D eigenvalue weighted by Crippen LogP contribution is -2.22. The number of rotatable bonds is 7. The first-order valence-corrected chi connectivity index (χ1v) is 10.5. The maximum absolute atomic E-state index is 12.8. The van der Waals surface area contributed by atoms with Crippen molar-refractivity contribution in [1.82, 2.24) is 10.6 Å². The summed E-state index contributed by atoms with van der Waals surface area (Å²) in [5, 5.41) is 6.76. The van der Waals surface area contributed by atoms with Crippen molar-refractivity contribution in [2.75, 3.05) is 7.11 Å². The van der Waals surface area contributed by atoms with E-state index in [0.29, 0.717) is 30.2 Å². The molecule has 0 spiro atoms. The lowest BCUT2D eigenvalue weighted by Gasteiger charge is -2.11. The van der Waals surface area contributed by atoms with Gasteiger partial charge in [-0.05, 0) is 22.8 Å². The van der Waals surface area contributed by atoms with E-state index in [0.717, 1.165) is 22.4 Å². The number of benzene rings is 3. The third-order valence-corrected chi connectivity index (χ3v) is 5.08. The van der Waals surface area contributed by atoms with E-state index in [1.165, 1.54) is 7.11 Å². The Kier molecular flexibility index (Phi) is 6.78. The Labute approximate surface area is 188 Å². The molecule has 0 bridgehead atoms. The molecule has 1 aliphatic rings. The average Bonchev–Trinajstić information content (AvgIpc) is 3.19. The number of nitrogens with one attached hydrogen (secondary N) is 2. The maximum atomic E-state index is 12.8. The number of methoxy groups -OCH3 is 1. The van der Waals surface area contributed by atoms with Crippen molar-refractivity contribution in [2.45, 2.75) is 13.1 Å². The van der Waals surface area contributed by atoms with Crippen LogP contribution in [0.5, 0.6) is 0 Å². The highest BCUT2D eigenvalue weighted by Crippen LogP contribution is 2.24. The normalized spacial score (nSPS) is 15.7. The summed E-state index contributed by atoms with van der Waals surface area (Å²) in [6, 6.07) is 29.9. The first kappa shape index (κ1) is 21.1. The van der Waals surface area contributed by atoms with Crippen LogP contribution in [0.25, 0.3) is 6.08 Å². The summed E-state index contributed by atoms with van der Waals surface area (Å²) < 4.78 is 5.11. The monoisotopic (exact) mass is 423 g/mol. The molecule has 0 aliphatic carbocycles. The van der Waals surface area contributed by atoms with Crippen LogP contribution in [0.4, 0.5) is 0 Å². The second-order valence-corrected chi connectivity index (χ2v) is 7.32. The number of esters is 1. The van der Waals surface area contributed by atoms with E-state index >= 15 is 0 Å². The minimum Gasteiger partial charge on any atom is -0.465 e. The van der Waals surface area contributed by atoms with Gasteiger partial charge in [0, 0.05) is 6.54 Å². The van der Waals surface area contributed by atoms with Gasteiger partial charge in [-0.15, -0.1) is 0 Å². The summed E-state index contributed by atoms with van der Waals surface area (Å²) in [6.45, 7) is 1.02. The quantitative estimate of drug-likeness (QED) is 0.552. The number of hydrogen-bond donors (Lipinski definition) is 2. The van der Waals surface area contributed by atoms with Crippen LogP contribution >= 0.6 is 0 Å². The fraction of sp³-hybridized carbons (Fsp3) is 0.111. The van der Waals surface area contributed by atoms with Crippen molar-refractivity contribution >= 4 is 17.9 Å². The molecule has 5 heteroatoms. The number of ether oxygens (including phenoxy) is 1. The molecule has 0 aromatic heterocycles. The Bertz CT molecular complexity index is 1150. The van der Waals surface area contributed by atoms with Crippen molar-refractivity contribution < 1.29 is 9.53 Å². The van der Waals surface area contributed by atoms with E-state index < -0.39 is 5.97 Å². The standard InChI is InChI=1S/C27H25N3O2/c1-32-27(31)24-25(28-18-21-13-7-3-8-14-21)23(17-20-11-5-2-6-12-20)30-26(24)29-19-22-15-9-4-10-16-22/h2-17,28H,18-19H2,1H3,(H,29,30)/b23-17-. The van der Waals surface area contributed by atoms with E-state index in [-0.39, 0.29) is 0 Å². The Hall–Kier alpha value is -4.12. The first-order valence-electron chi connectivity index (χ1n) is 10.5. The van der Waals surface area contributed by atoms with Crippen LogP contribution in [0.2, 0.25) is 0 Å². The van der Waals surface area contributed by atoms with Crippen molar-refractivity contribution in [3.8, 4) is 0 Å². The zero-order valence-corrected chi connectivity index (χ0v) is 17.9.